The third-order valence-electron chi connectivity index (χ3n) is 2.49. The second kappa shape index (κ2) is 8.31. The highest BCUT2D eigenvalue weighted by Crippen LogP contribution is 2.10. The zero-order chi connectivity index (χ0) is 16.5. The predicted octanol–water partition coefficient (Wildman–Crippen LogP) is 2.66. The number of rotatable bonds is 3. The minimum Gasteiger partial charge on any atom is -0.508 e. The summed E-state index contributed by atoms with van der Waals surface area (Å²) >= 11 is 0. The Morgan fingerprint density at radius 1 is 0.864 bits per heavy atom. The van der Waals surface area contributed by atoms with Gasteiger partial charge in [-0.25, -0.2) is 9.59 Å². The standard InChI is InChI=1S/C9H10O3.C7H6O3/c1-2-12-9(11)7-3-5-8(10)6-4-7;8-6-3-1-5(2-4-6)7(9)10/h3-6,10H,2H2,1H3;1-4,8H,(H,9,10). The summed E-state index contributed by atoms with van der Waals surface area (Å²) in [5.41, 5.74) is 0.632. The third kappa shape index (κ3) is 5.54. The van der Waals surface area contributed by atoms with Crippen LogP contribution in [0, 0.1) is 0 Å². The molecule has 3 N–H and O–H groups in total. The van der Waals surface area contributed by atoms with Gasteiger partial charge in [0.25, 0.3) is 0 Å². The SMILES string of the molecule is CCOC(=O)c1ccc(O)cc1.O=C(O)c1ccc(O)cc1. The molecule has 0 saturated heterocycles. The summed E-state index contributed by atoms with van der Waals surface area (Å²) in [6, 6.07) is 11.3. The van der Waals surface area contributed by atoms with Crippen LogP contribution < -0.4 is 0 Å². The lowest BCUT2D eigenvalue weighted by molar-refractivity contribution is 0.0525. The van der Waals surface area contributed by atoms with Gasteiger partial charge in [-0.15, -0.1) is 0 Å². The lowest BCUT2D eigenvalue weighted by atomic mass is 10.2. The Hall–Kier alpha value is -3.02. The number of hydrogen-bond donors (Lipinski definition) is 3. The summed E-state index contributed by atoms with van der Waals surface area (Å²) in [5.74, 6) is -1.13. The van der Waals surface area contributed by atoms with Crippen LogP contribution in [-0.2, 0) is 4.74 Å². The summed E-state index contributed by atoms with van der Waals surface area (Å²) < 4.78 is 4.75. The van der Waals surface area contributed by atoms with Gasteiger partial charge >= 0.3 is 11.9 Å². The molecule has 2 rings (SSSR count). The topological polar surface area (TPSA) is 104 Å². The molecule has 0 saturated carbocycles. The van der Waals surface area contributed by atoms with E-state index in [0.717, 1.165) is 0 Å². The molecule has 0 amide bonds. The molecule has 0 aliphatic heterocycles. The van der Waals surface area contributed by atoms with Crippen molar-refractivity contribution in [1.82, 2.24) is 0 Å². The van der Waals surface area contributed by atoms with Crippen molar-refractivity contribution in [3.8, 4) is 11.5 Å². The minimum atomic E-state index is -0.986. The van der Waals surface area contributed by atoms with Crippen LogP contribution in [0.25, 0.3) is 0 Å². The fourth-order valence-electron chi connectivity index (χ4n) is 1.42. The first kappa shape index (κ1) is 17.0. The van der Waals surface area contributed by atoms with Gasteiger partial charge < -0.3 is 20.1 Å². The maximum absolute atomic E-state index is 11.1. The highest BCUT2D eigenvalue weighted by molar-refractivity contribution is 5.89. The number of carbonyl (C=O) groups excluding carboxylic acids is 1. The maximum Gasteiger partial charge on any atom is 0.338 e. The van der Waals surface area contributed by atoms with Crippen LogP contribution in [0.1, 0.15) is 27.6 Å². The molecule has 116 valence electrons. The molecular weight excluding hydrogens is 288 g/mol. The Bertz CT molecular complexity index is 616. The zero-order valence-corrected chi connectivity index (χ0v) is 11.9. The van der Waals surface area contributed by atoms with Crippen molar-refractivity contribution in [3.05, 3.63) is 59.7 Å². The quantitative estimate of drug-likeness (QED) is 0.753. The van der Waals surface area contributed by atoms with Crippen molar-refractivity contribution < 1.29 is 29.6 Å². The first-order valence-corrected chi connectivity index (χ1v) is 6.42. The first-order chi connectivity index (χ1) is 10.4. The largest absolute Gasteiger partial charge is 0.508 e. The molecule has 22 heavy (non-hydrogen) atoms. The Labute approximate surface area is 127 Å². The van der Waals surface area contributed by atoms with Gasteiger partial charge in [-0.3, -0.25) is 0 Å². The van der Waals surface area contributed by atoms with E-state index in [0.29, 0.717) is 12.2 Å². The second-order valence-electron chi connectivity index (χ2n) is 4.12. The smallest absolute Gasteiger partial charge is 0.338 e. The fraction of sp³-hybridized carbons (Fsp3) is 0.125. The molecular formula is C16H16O6. The van der Waals surface area contributed by atoms with Crippen LogP contribution in [0.15, 0.2) is 48.5 Å². The monoisotopic (exact) mass is 304 g/mol. The summed E-state index contributed by atoms with van der Waals surface area (Å²) in [5, 5.41) is 26.1. The molecule has 0 fully saturated rings. The average molecular weight is 304 g/mol. The van der Waals surface area contributed by atoms with Crippen LogP contribution in [0.4, 0.5) is 0 Å². The van der Waals surface area contributed by atoms with Gasteiger partial charge in [-0.05, 0) is 55.5 Å². The normalized spacial score (nSPS) is 9.32. The van der Waals surface area contributed by atoms with Gasteiger partial charge in [0.15, 0.2) is 0 Å². The fourth-order valence-corrected chi connectivity index (χ4v) is 1.42. The maximum atomic E-state index is 11.1. The molecule has 2 aromatic carbocycles. The van der Waals surface area contributed by atoms with E-state index >= 15 is 0 Å². The number of aromatic hydroxyl groups is 2. The second-order valence-corrected chi connectivity index (χ2v) is 4.12. The minimum absolute atomic E-state index is 0.0741. The van der Waals surface area contributed by atoms with Crippen molar-refractivity contribution in [1.29, 1.82) is 0 Å². The van der Waals surface area contributed by atoms with E-state index in [9.17, 15) is 9.59 Å². The molecule has 0 radical (unpaired) electrons. The van der Waals surface area contributed by atoms with Crippen LogP contribution in [-0.4, -0.2) is 33.9 Å². The zero-order valence-electron chi connectivity index (χ0n) is 11.9. The molecule has 0 heterocycles. The number of hydrogen-bond acceptors (Lipinski definition) is 5. The number of phenolic OH excluding ortho intramolecular Hbond substituents is 2. The highest BCUT2D eigenvalue weighted by Gasteiger charge is 2.04. The Morgan fingerprint density at radius 2 is 1.27 bits per heavy atom. The molecule has 0 aromatic heterocycles. The van der Waals surface area contributed by atoms with Gasteiger partial charge in [-0.1, -0.05) is 0 Å². The number of benzene rings is 2. The van der Waals surface area contributed by atoms with E-state index in [1.165, 1.54) is 48.5 Å². The molecule has 2 aromatic rings. The van der Waals surface area contributed by atoms with Gasteiger partial charge in [0, 0.05) is 0 Å². The Morgan fingerprint density at radius 3 is 1.64 bits per heavy atom. The summed E-state index contributed by atoms with van der Waals surface area (Å²) in [6.45, 7) is 2.11. The van der Waals surface area contributed by atoms with Crippen molar-refractivity contribution >= 4 is 11.9 Å². The van der Waals surface area contributed by atoms with Gasteiger partial charge in [0.2, 0.25) is 0 Å². The molecule has 0 unspecified atom stereocenters. The van der Waals surface area contributed by atoms with Crippen LogP contribution in [0.2, 0.25) is 0 Å². The van der Waals surface area contributed by atoms with Crippen molar-refractivity contribution in [3.63, 3.8) is 0 Å². The van der Waals surface area contributed by atoms with E-state index in [4.69, 9.17) is 20.1 Å². The molecule has 6 heteroatoms. The van der Waals surface area contributed by atoms with Gasteiger partial charge in [0.1, 0.15) is 11.5 Å². The van der Waals surface area contributed by atoms with E-state index < -0.39 is 5.97 Å². The summed E-state index contributed by atoms with van der Waals surface area (Å²) in [4.78, 5) is 21.3. The number of carboxylic acid groups (broad SMARTS) is 1. The van der Waals surface area contributed by atoms with E-state index in [2.05, 4.69) is 0 Å². The van der Waals surface area contributed by atoms with E-state index in [1.54, 1.807) is 6.92 Å². The van der Waals surface area contributed by atoms with E-state index in [1.807, 2.05) is 0 Å². The molecule has 6 nitrogen and oxygen atoms in total. The molecule has 0 bridgehead atoms. The predicted molar refractivity (Wildman–Crippen MR) is 79.1 cm³/mol. The number of esters is 1. The lowest BCUT2D eigenvalue weighted by Crippen LogP contribution is -2.03. The number of phenols is 2. The average Bonchev–Trinajstić information content (AvgIpc) is 2.49. The molecule has 0 spiro atoms. The lowest BCUT2D eigenvalue weighted by Gasteiger charge is -2.00. The van der Waals surface area contributed by atoms with E-state index in [-0.39, 0.29) is 23.0 Å². The van der Waals surface area contributed by atoms with Crippen LogP contribution >= 0.6 is 0 Å². The van der Waals surface area contributed by atoms with Gasteiger partial charge in [0.05, 0.1) is 17.7 Å². The number of ether oxygens (including phenoxy) is 1. The first-order valence-electron chi connectivity index (χ1n) is 6.42. The molecule has 0 atom stereocenters. The van der Waals surface area contributed by atoms with Crippen molar-refractivity contribution in [2.24, 2.45) is 0 Å². The Kier molecular flexibility index (Phi) is 6.43. The third-order valence-corrected chi connectivity index (χ3v) is 2.49. The van der Waals surface area contributed by atoms with Crippen LogP contribution in [0.5, 0.6) is 11.5 Å². The molecule has 0 aliphatic rings. The van der Waals surface area contributed by atoms with Crippen LogP contribution in [0.3, 0.4) is 0 Å². The summed E-state index contributed by atoms with van der Waals surface area (Å²) in [6.07, 6.45) is 0. The molecule has 0 aliphatic carbocycles. The van der Waals surface area contributed by atoms with Gasteiger partial charge in [-0.2, -0.15) is 0 Å². The number of carbonyl (C=O) groups is 2. The number of aromatic carboxylic acids is 1. The van der Waals surface area contributed by atoms with Crippen molar-refractivity contribution in [2.45, 2.75) is 6.92 Å². The Balaban J connectivity index is 0.000000224. The number of carboxylic acids is 1. The highest BCUT2D eigenvalue weighted by atomic mass is 16.5. The summed E-state index contributed by atoms with van der Waals surface area (Å²) in [7, 11) is 0. The van der Waals surface area contributed by atoms with Crippen molar-refractivity contribution in [2.75, 3.05) is 6.61 Å².